The van der Waals surface area contributed by atoms with E-state index < -0.39 is 27.8 Å². The Morgan fingerprint density at radius 2 is 1.81 bits per heavy atom. The molecule has 0 saturated heterocycles. The van der Waals surface area contributed by atoms with E-state index in [2.05, 4.69) is 10.0 Å². The van der Waals surface area contributed by atoms with Gasteiger partial charge in [0.25, 0.3) is 5.91 Å². The number of nitrogens with one attached hydrogen (secondary N) is 2. The van der Waals surface area contributed by atoms with Gasteiger partial charge in [0.2, 0.25) is 16.8 Å². The van der Waals surface area contributed by atoms with Gasteiger partial charge in [-0.3, -0.25) is 4.79 Å². The third-order valence-electron chi connectivity index (χ3n) is 5.01. The zero-order valence-electron chi connectivity index (χ0n) is 17.2. The van der Waals surface area contributed by atoms with E-state index in [0.29, 0.717) is 22.6 Å². The summed E-state index contributed by atoms with van der Waals surface area (Å²) in [6, 6.07) is 16.4. The van der Waals surface area contributed by atoms with E-state index in [1.807, 2.05) is 0 Å². The Bertz CT molecular complexity index is 1260. The highest BCUT2D eigenvalue weighted by atomic mass is 32.2. The molecule has 1 atom stereocenters. The maximum Gasteiger partial charge on any atom is 0.251 e. The summed E-state index contributed by atoms with van der Waals surface area (Å²) in [6.07, 6.45) is 0. The highest BCUT2D eigenvalue weighted by Gasteiger charge is 2.19. The molecule has 0 bridgehead atoms. The van der Waals surface area contributed by atoms with Gasteiger partial charge < -0.3 is 14.8 Å². The molecule has 9 heteroatoms. The predicted octanol–water partition coefficient (Wildman–Crippen LogP) is 3.52. The highest BCUT2D eigenvalue weighted by molar-refractivity contribution is 7.89. The van der Waals surface area contributed by atoms with Crippen molar-refractivity contribution in [3.8, 4) is 11.5 Å². The van der Waals surface area contributed by atoms with Crippen molar-refractivity contribution in [2.45, 2.75) is 24.4 Å². The Kier molecular flexibility index (Phi) is 6.11. The maximum atomic E-state index is 13.4. The average Bonchev–Trinajstić information content (AvgIpc) is 3.26. The van der Waals surface area contributed by atoms with Crippen LogP contribution < -0.4 is 19.5 Å². The lowest BCUT2D eigenvalue weighted by molar-refractivity contribution is 0.0939. The fourth-order valence-corrected chi connectivity index (χ4v) is 4.32. The van der Waals surface area contributed by atoms with Crippen molar-refractivity contribution in [1.82, 2.24) is 10.0 Å². The molecule has 2 N–H and O–H groups in total. The number of hydrogen-bond donors (Lipinski definition) is 2. The molecule has 1 heterocycles. The highest BCUT2D eigenvalue weighted by Crippen LogP contribution is 2.32. The molecule has 1 amide bonds. The molecule has 0 fully saturated rings. The van der Waals surface area contributed by atoms with Crippen LogP contribution in [0.4, 0.5) is 4.39 Å². The molecule has 0 aromatic heterocycles. The molecule has 166 valence electrons. The molecule has 1 aliphatic rings. The van der Waals surface area contributed by atoms with Gasteiger partial charge >= 0.3 is 0 Å². The summed E-state index contributed by atoms with van der Waals surface area (Å²) in [5.74, 6) is 0.315. The van der Waals surface area contributed by atoms with Gasteiger partial charge in [0.1, 0.15) is 5.82 Å². The van der Waals surface area contributed by atoms with Gasteiger partial charge in [0.15, 0.2) is 11.5 Å². The van der Waals surface area contributed by atoms with Gasteiger partial charge in [-0.2, -0.15) is 0 Å². The summed E-state index contributed by atoms with van der Waals surface area (Å²) in [7, 11) is -3.87. The molecule has 3 aromatic carbocycles. The molecule has 0 radical (unpaired) electrons. The lowest BCUT2D eigenvalue weighted by atomic mass is 10.1. The number of amides is 1. The Morgan fingerprint density at radius 3 is 2.62 bits per heavy atom. The standard InChI is InChI=1S/C23H21FN2O5S/c1-15(17-4-2-6-19(24)11-17)26-23(27)18-5-3-7-20(12-18)32(28,29)25-13-16-8-9-21-22(10-16)31-14-30-21/h2-12,15,25H,13-14H2,1H3,(H,26,27). The van der Waals surface area contributed by atoms with Crippen molar-refractivity contribution in [1.29, 1.82) is 0 Å². The summed E-state index contributed by atoms with van der Waals surface area (Å²) < 4.78 is 52.0. The van der Waals surface area contributed by atoms with E-state index in [4.69, 9.17) is 9.47 Å². The first-order valence-electron chi connectivity index (χ1n) is 9.86. The van der Waals surface area contributed by atoms with E-state index in [1.165, 1.54) is 36.4 Å². The van der Waals surface area contributed by atoms with Crippen molar-refractivity contribution in [3.63, 3.8) is 0 Å². The first kappa shape index (κ1) is 21.8. The number of benzene rings is 3. The Hall–Kier alpha value is -3.43. The normalized spacial score (nSPS) is 13.6. The minimum atomic E-state index is -3.87. The van der Waals surface area contributed by atoms with E-state index >= 15 is 0 Å². The second kappa shape index (κ2) is 8.97. The van der Waals surface area contributed by atoms with Crippen LogP contribution in [0.25, 0.3) is 0 Å². The number of halogens is 1. The van der Waals surface area contributed by atoms with Gasteiger partial charge in [0, 0.05) is 12.1 Å². The van der Waals surface area contributed by atoms with E-state index in [1.54, 1.807) is 37.3 Å². The number of sulfonamides is 1. The van der Waals surface area contributed by atoms with Crippen LogP contribution in [0.15, 0.2) is 71.6 Å². The van der Waals surface area contributed by atoms with Crippen LogP contribution in [0.2, 0.25) is 0 Å². The topological polar surface area (TPSA) is 93.7 Å². The SMILES string of the molecule is CC(NC(=O)c1cccc(S(=O)(=O)NCc2ccc3c(c2)OCO3)c1)c1cccc(F)c1. The second-order valence-electron chi connectivity index (χ2n) is 7.29. The Morgan fingerprint density at radius 1 is 1.03 bits per heavy atom. The van der Waals surface area contributed by atoms with Crippen LogP contribution >= 0.6 is 0 Å². The number of rotatable bonds is 7. The lowest BCUT2D eigenvalue weighted by Gasteiger charge is -2.15. The monoisotopic (exact) mass is 456 g/mol. The number of carbonyl (C=O) groups excluding carboxylic acids is 1. The zero-order chi connectivity index (χ0) is 22.7. The number of carbonyl (C=O) groups is 1. The molecular formula is C23H21FN2O5S. The van der Waals surface area contributed by atoms with Gasteiger partial charge in [-0.25, -0.2) is 17.5 Å². The van der Waals surface area contributed by atoms with Crippen LogP contribution in [0.3, 0.4) is 0 Å². The molecule has 0 spiro atoms. The Labute approximate surface area is 185 Å². The predicted molar refractivity (Wildman–Crippen MR) is 115 cm³/mol. The lowest BCUT2D eigenvalue weighted by Crippen LogP contribution is -2.27. The number of fused-ring (bicyclic) bond motifs is 1. The first-order valence-corrected chi connectivity index (χ1v) is 11.3. The van der Waals surface area contributed by atoms with Crippen LogP contribution in [0.5, 0.6) is 11.5 Å². The summed E-state index contributed by atoms with van der Waals surface area (Å²) in [5.41, 5.74) is 1.49. The molecular weight excluding hydrogens is 435 g/mol. The van der Waals surface area contributed by atoms with Crippen molar-refractivity contribution >= 4 is 15.9 Å². The third-order valence-corrected chi connectivity index (χ3v) is 6.41. The minimum absolute atomic E-state index is 0.0377. The van der Waals surface area contributed by atoms with E-state index in [9.17, 15) is 17.6 Å². The summed E-state index contributed by atoms with van der Waals surface area (Å²) in [6.45, 7) is 1.91. The largest absolute Gasteiger partial charge is 0.454 e. The fraction of sp³-hybridized carbons (Fsp3) is 0.174. The van der Waals surface area contributed by atoms with Crippen LogP contribution in [-0.2, 0) is 16.6 Å². The molecule has 0 saturated carbocycles. The molecule has 32 heavy (non-hydrogen) atoms. The molecule has 0 aliphatic carbocycles. The minimum Gasteiger partial charge on any atom is -0.454 e. The second-order valence-corrected chi connectivity index (χ2v) is 9.06. The summed E-state index contributed by atoms with van der Waals surface area (Å²) in [4.78, 5) is 12.6. The summed E-state index contributed by atoms with van der Waals surface area (Å²) >= 11 is 0. The maximum absolute atomic E-state index is 13.4. The molecule has 1 aliphatic heterocycles. The third kappa shape index (κ3) is 4.90. The van der Waals surface area contributed by atoms with E-state index in [0.717, 1.165) is 0 Å². The zero-order valence-corrected chi connectivity index (χ0v) is 18.0. The van der Waals surface area contributed by atoms with Gasteiger partial charge in [0.05, 0.1) is 10.9 Å². The summed E-state index contributed by atoms with van der Waals surface area (Å²) in [5, 5.41) is 2.75. The molecule has 1 unspecified atom stereocenters. The fourth-order valence-electron chi connectivity index (χ4n) is 3.26. The van der Waals surface area contributed by atoms with Crippen LogP contribution in [0, 0.1) is 5.82 Å². The van der Waals surface area contributed by atoms with Crippen molar-refractivity contribution in [2.24, 2.45) is 0 Å². The average molecular weight is 456 g/mol. The number of ether oxygens (including phenoxy) is 2. The smallest absolute Gasteiger partial charge is 0.251 e. The van der Waals surface area contributed by atoms with E-state index in [-0.39, 0.29) is 23.8 Å². The van der Waals surface area contributed by atoms with Crippen molar-refractivity contribution in [3.05, 3.63) is 89.2 Å². The Balaban J connectivity index is 1.44. The van der Waals surface area contributed by atoms with Gasteiger partial charge in [-0.15, -0.1) is 0 Å². The number of hydrogen-bond acceptors (Lipinski definition) is 5. The van der Waals surface area contributed by atoms with Crippen LogP contribution in [-0.4, -0.2) is 21.1 Å². The first-order chi connectivity index (χ1) is 15.3. The van der Waals surface area contributed by atoms with Crippen molar-refractivity contribution in [2.75, 3.05) is 6.79 Å². The molecule has 7 nitrogen and oxygen atoms in total. The quantitative estimate of drug-likeness (QED) is 0.567. The van der Waals surface area contributed by atoms with Gasteiger partial charge in [-0.05, 0) is 60.5 Å². The van der Waals surface area contributed by atoms with Crippen LogP contribution in [0.1, 0.15) is 34.5 Å². The van der Waals surface area contributed by atoms with Gasteiger partial charge in [-0.1, -0.05) is 24.3 Å². The molecule has 4 rings (SSSR count). The molecule has 3 aromatic rings. The van der Waals surface area contributed by atoms with Crippen molar-refractivity contribution < 1.29 is 27.1 Å².